The van der Waals surface area contributed by atoms with Crippen molar-refractivity contribution >= 4 is 21.1 Å². The lowest BCUT2D eigenvalue weighted by molar-refractivity contribution is 0.157. The van der Waals surface area contributed by atoms with Crippen molar-refractivity contribution in [3.05, 3.63) is 54.2 Å². The van der Waals surface area contributed by atoms with E-state index in [2.05, 4.69) is 20.9 Å². The summed E-state index contributed by atoms with van der Waals surface area (Å²) in [7, 11) is -3.23. The monoisotopic (exact) mass is 400 g/mol. The number of piperidine rings is 1. The minimum absolute atomic E-state index is 0.295. The Balaban J connectivity index is 1.19. The largest absolute Gasteiger partial charge is 0.468 e. The van der Waals surface area contributed by atoms with Gasteiger partial charge < -0.3 is 9.40 Å². The first-order valence-electron chi connectivity index (χ1n) is 9.77. The number of H-pyrrole nitrogens is 1. The average molecular weight is 401 g/mol. The van der Waals surface area contributed by atoms with E-state index in [1.807, 2.05) is 24.4 Å². The molecule has 5 heterocycles. The topological polar surface area (TPSA) is 82.4 Å². The van der Waals surface area contributed by atoms with Gasteiger partial charge in [-0.15, -0.1) is 0 Å². The molecule has 2 aliphatic heterocycles. The predicted molar refractivity (Wildman–Crippen MR) is 106 cm³/mol. The summed E-state index contributed by atoms with van der Waals surface area (Å²) in [5.41, 5.74) is 2.16. The molecule has 0 spiro atoms. The molecule has 1 N–H and O–H groups in total. The highest BCUT2D eigenvalue weighted by Crippen LogP contribution is 2.34. The molecule has 28 heavy (non-hydrogen) atoms. The van der Waals surface area contributed by atoms with Gasteiger partial charge in [-0.25, -0.2) is 17.7 Å². The molecule has 0 atom stereocenters. The van der Waals surface area contributed by atoms with Gasteiger partial charge in [-0.05, 0) is 48.6 Å². The number of nitrogens with zero attached hydrogens (tertiary/aromatic N) is 3. The van der Waals surface area contributed by atoms with Crippen molar-refractivity contribution in [3.8, 4) is 0 Å². The quantitative estimate of drug-likeness (QED) is 0.712. The highest BCUT2D eigenvalue weighted by Gasteiger charge is 2.42. The fraction of sp³-hybridized carbons (Fsp3) is 0.450. The number of furan rings is 1. The van der Waals surface area contributed by atoms with E-state index in [-0.39, 0.29) is 5.25 Å². The van der Waals surface area contributed by atoms with Crippen molar-refractivity contribution in [2.24, 2.45) is 0 Å². The summed E-state index contributed by atoms with van der Waals surface area (Å²) in [4.78, 5) is 9.70. The first kappa shape index (κ1) is 17.9. The lowest BCUT2D eigenvalue weighted by Crippen LogP contribution is -2.58. The number of likely N-dealkylation sites (tertiary alicyclic amines) is 1. The molecule has 2 saturated heterocycles. The molecule has 8 heteroatoms. The number of pyridine rings is 1. The normalized spacial score (nSPS) is 20.6. The highest BCUT2D eigenvalue weighted by atomic mass is 32.2. The van der Waals surface area contributed by atoms with E-state index in [9.17, 15) is 8.42 Å². The summed E-state index contributed by atoms with van der Waals surface area (Å²) < 4.78 is 33.0. The first-order chi connectivity index (χ1) is 13.6. The summed E-state index contributed by atoms with van der Waals surface area (Å²) in [5.74, 6) is 1.26. The molecule has 5 rings (SSSR count). The van der Waals surface area contributed by atoms with Gasteiger partial charge >= 0.3 is 0 Å². The number of hydrogen-bond acceptors (Lipinski definition) is 5. The number of fused-ring (bicyclic) bond motifs is 1. The Labute approximate surface area is 164 Å². The summed E-state index contributed by atoms with van der Waals surface area (Å²) in [6.45, 7) is 3.02. The maximum absolute atomic E-state index is 13.0. The number of rotatable bonds is 5. The van der Waals surface area contributed by atoms with E-state index >= 15 is 0 Å². The fourth-order valence-corrected chi connectivity index (χ4v) is 6.35. The van der Waals surface area contributed by atoms with Crippen molar-refractivity contribution in [1.82, 2.24) is 19.2 Å². The van der Waals surface area contributed by atoms with Crippen molar-refractivity contribution in [1.29, 1.82) is 0 Å². The van der Waals surface area contributed by atoms with E-state index in [1.165, 1.54) is 5.56 Å². The third-order valence-corrected chi connectivity index (χ3v) is 8.27. The fourth-order valence-electron chi connectivity index (χ4n) is 4.41. The molecule has 148 valence electrons. The van der Waals surface area contributed by atoms with Crippen LogP contribution in [0.2, 0.25) is 0 Å². The second-order valence-corrected chi connectivity index (χ2v) is 9.97. The number of hydrogen-bond donors (Lipinski definition) is 1. The van der Waals surface area contributed by atoms with Crippen LogP contribution in [0, 0.1) is 0 Å². The van der Waals surface area contributed by atoms with E-state index in [4.69, 9.17) is 4.42 Å². The van der Waals surface area contributed by atoms with Crippen LogP contribution in [0.15, 0.2) is 47.3 Å². The van der Waals surface area contributed by atoms with E-state index < -0.39 is 10.0 Å². The van der Waals surface area contributed by atoms with Gasteiger partial charge in [-0.3, -0.25) is 4.90 Å². The molecule has 0 aliphatic carbocycles. The number of nitrogens with one attached hydrogen (secondary N) is 1. The zero-order valence-electron chi connectivity index (χ0n) is 15.6. The molecule has 2 aliphatic rings. The molecule has 3 aromatic heterocycles. The van der Waals surface area contributed by atoms with Crippen LogP contribution < -0.4 is 0 Å². The Bertz CT molecular complexity index is 1050. The van der Waals surface area contributed by atoms with Crippen LogP contribution >= 0.6 is 0 Å². The maximum atomic E-state index is 13.0. The number of aromatic nitrogens is 2. The van der Waals surface area contributed by atoms with E-state index in [1.54, 1.807) is 16.8 Å². The Kier molecular flexibility index (Phi) is 4.49. The molecule has 0 amide bonds. The van der Waals surface area contributed by atoms with Gasteiger partial charge in [0.25, 0.3) is 0 Å². The summed E-state index contributed by atoms with van der Waals surface area (Å²) in [6, 6.07) is 7.81. The van der Waals surface area contributed by atoms with E-state index in [0.29, 0.717) is 38.6 Å². The first-order valence-corrected chi connectivity index (χ1v) is 11.3. The molecule has 2 fully saturated rings. The van der Waals surface area contributed by atoms with Crippen LogP contribution in [-0.4, -0.2) is 59.0 Å². The SMILES string of the molecule is O=S(=O)(C1CN(Cc2ccco2)C1)N1CCC(c2c[nH]c3ncccc23)CC1. The van der Waals surface area contributed by atoms with Gasteiger partial charge in [0.1, 0.15) is 16.7 Å². The van der Waals surface area contributed by atoms with Gasteiger partial charge in [-0.2, -0.15) is 0 Å². The maximum Gasteiger partial charge on any atom is 0.219 e. The lowest BCUT2D eigenvalue weighted by Gasteiger charge is -2.42. The second-order valence-electron chi connectivity index (χ2n) is 7.76. The van der Waals surface area contributed by atoms with Gasteiger partial charge in [0.2, 0.25) is 10.0 Å². The Hall–Kier alpha value is -2.16. The number of aromatic amines is 1. The zero-order valence-corrected chi connectivity index (χ0v) is 16.4. The highest BCUT2D eigenvalue weighted by molar-refractivity contribution is 7.89. The standard InChI is InChI=1S/C20H24N4O3S/c25-28(26,17-13-23(14-17)12-16-3-2-10-27-16)24-8-5-15(6-9-24)19-11-22-20-18(19)4-1-7-21-20/h1-4,7,10-11,15,17H,5-6,8-9,12-14H2,(H,21,22). The van der Waals surface area contributed by atoms with Crippen molar-refractivity contribution in [3.63, 3.8) is 0 Å². The Morgan fingerprint density at radius 2 is 2.00 bits per heavy atom. The van der Waals surface area contributed by atoms with Gasteiger partial charge in [0, 0.05) is 44.0 Å². The molecule has 0 aromatic carbocycles. The number of sulfonamides is 1. The summed E-state index contributed by atoms with van der Waals surface area (Å²) in [5, 5.41) is 0.854. The summed E-state index contributed by atoms with van der Waals surface area (Å²) in [6.07, 6.45) is 7.17. The van der Waals surface area contributed by atoms with Gasteiger partial charge in [0.15, 0.2) is 0 Å². The minimum Gasteiger partial charge on any atom is -0.468 e. The molecule has 0 saturated carbocycles. The van der Waals surface area contributed by atoms with Crippen LogP contribution in [0.3, 0.4) is 0 Å². The Morgan fingerprint density at radius 3 is 2.75 bits per heavy atom. The van der Waals surface area contributed by atoms with Crippen LogP contribution in [0.1, 0.15) is 30.1 Å². The van der Waals surface area contributed by atoms with Gasteiger partial charge in [-0.1, -0.05) is 0 Å². The third-order valence-electron chi connectivity index (χ3n) is 6.04. The molecule has 0 radical (unpaired) electrons. The van der Waals surface area contributed by atoms with Crippen LogP contribution in [0.5, 0.6) is 0 Å². The lowest BCUT2D eigenvalue weighted by atomic mass is 9.90. The molecular weight excluding hydrogens is 376 g/mol. The minimum atomic E-state index is -3.23. The van der Waals surface area contributed by atoms with Crippen molar-refractivity contribution < 1.29 is 12.8 Å². The zero-order chi connectivity index (χ0) is 19.1. The second kappa shape index (κ2) is 7.02. The smallest absolute Gasteiger partial charge is 0.219 e. The van der Waals surface area contributed by atoms with E-state index in [0.717, 1.165) is 29.6 Å². The third kappa shape index (κ3) is 3.15. The van der Waals surface area contributed by atoms with Crippen LogP contribution in [0.4, 0.5) is 0 Å². The Morgan fingerprint density at radius 1 is 1.18 bits per heavy atom. The van der Waals surface area contributed by atoms with Crippen molar-refractivity contribution in [2.75, 3.05) is 26.2 Å². The molecule has 7 nitrogen and oxygen atoms in total. The average Bonchev–Trinajstić information content (AvgIpc) is 3.34. The molecule has 3 aromatic rings. The molecular formula is C20H24N4O3S. The molecule has 0 bridgehead atoms. The van der Waals surface area contributed by atoms with Gasteiger partial charge in [0.05, 0.1) is 12.8 Å². The predicted octanol–water partition coefficient (Wildman–Crippen LogP) is 2.55. The van der Waals surface area contributed by atoms with Crippen LogP contribution in [-0.2, 0) is 16.6 Å². The summed E-state index contributed by atoms with van der Waals surface area (Å²) >= 11 is 0. The molecule has 0 unspecified atom stereocenters. The van der Waals surface area contributed by atoms with Crippen molar-refractivity contribution in [2.45, 2.75) is 30.6 Å². The van der Waals surface area contributed by atoms with Crippen LogP contribution in [0.25, 0.3) is 11.0 Å².